The topological polar surface area (TPSA) is 41.4 Å². The van der Waals surface area contributed by atoms with Crippen LogP contribution >= 0.6 is 23.2 Å². The van der Waals surface area contributed by atoms with E-state index in [1.165, 1.54) is 4.68 Å². The second-order valence-electron chi connectivity index (χ2n) is 7.57. The van der Waals surface area contributed by atoms with Gasteiger partial charge in [-0.2, -0.15) is 5.10 Å². The second-order valence-corrected chi connectivity index (χ2v) is 8.35. The molecule has 1 aliphatic heterocycles. The van der Waals surface area contributed by atoms with Crippen LogP contribution < -0.4 is 0 Å². The van der Waals surface area contributed by atoms with Gasteiger partial charge in [0.2, 0.25) is 5.91 Å². The van der Waals surface area contributed by atoms with Gasteiger partial charge in [0.25, 0.3) is 6.43 Å². The smallest absolute Gasteiger partial charge is 0.283 e. The summed E-state index contributed by atoms with van der Waals surface area (Å²) in [6.45, 7) is 3.31. The monoisotopic (exact) mass is 442 g/mol. The van der Waals surface area contributed by atoms with E-state index in [4.69, 9.17) is 23.2 Å². The summed E-state index contributed by atoms with van der Waals surface area (Å²) in [7, 11) is 0. The Bertz CT molecular complexity index is 893. The first kappa shape index (κ1) is 20.6. The standard InChI is InChI=1S/C20H22Cl2F2N4O/c21-15-4-2-1-3-14(15)11-26-7-9-27(10-8-26)16(29)12-28-19(13-5-6-13)17(22)18(25-28)20(23)24/h1-4,13,20H,5-12H2. The summed E-state index contributed by atoms with van der Waals surface area (Å²) in [6, 6.07) is 7.74. The maximum atomic E-state index is 13.2. The first-order valence-electron chi connectivity index (χ1n) is 9.72. The average molecular weight is 443 g/mol. The number of carbonyl (C=O) groups is 1. The van der Waals surface area contributed by atoms with Crippen molar-refractivity contribution in [2.75, 3.05) is 26.2 Å². The Morgan fingerprint density at radius 1 is 1.14 bits per heavy atom. The first-order valence-corrected chi connectivity index (χ1v) is 10.5. The van der Waals surface area contributed by atoms with Gasteiger partial charge in [-0.1, -0.05) is 41.4 Å². The fourth-order valence-corrected chi connectivity index (χ4v) is 4.30. The molecule has 1 aromatic carbocycles. The number of rotatable bonds is 6. The molecule has 1 aromatic heterocycles. The lowest BCUT2D eigenvalue weighted by molar-refractivity contribution is -0.133. The van der Waals surface area contributed by atoms with Gasteiger partial charge in [0.15, 0.2) is 0 Å². The lowest BCUT2D eigenvalue weighted by atomic mass is 10.2. The Labute approximate surface area is 178 Å². The maximum absolute atomic E-state index is 13.2. The molecule has 156 valence electrons. The predicted octanol–water partition coefficient (Wildman–Crippen LogP) is 4.35. The second kappa shape index (κ2) is 8.58. The van der Waals surface area contributed by atoms with Crippen LogP contribution in [0.1, 0.15) is 42.1 Å². The zero-order valence-electron chi connectivity index (χ0n) is 15.8. The van der Waals surface area contributed by atoms with Gasteiger partial charge >= 0.3 is 0 Å². The minimum Gasteiger partial charge on any atom is -0.339 e. The zero-order valence-corrected chi connectivity index (χ0v) is 17.3. The number of alkyl halides is 2. The summed E-state index contributed by atoms with van der Waals surface area (Å²) in [5, 5.41) is 4.70. The number of benzene rings is 1. The molecule has 9 heteroatoms. The lowest BCUT2D eigenvalue weighted by Crippen LogP contribution is -2.49. The average Bonchev–Trinajstić information content (AvgIpc) is 3.47. The van der Waals surface area contributed by atoms with Crippen LogP contribution in [0.4, 0.5) is 8.78 Å². The maximum Gasteiger partial charge on any atom is 0.283 e. The van der Waals surface area contributed by atoms with Gasteiger partial charge in [-0.25, -0.2) is 8.78 Å². The van der Waals surface area contributed by atoms with E-state index in [0.29, 0.717) is 18.8 Å². The van der Waals surface area contributed by atoms with Crippen molar-refractivity contribution in [3.05, 3.63) is 51.3 Å². The number of hydrogen-bond donors (Lipinski definition) is 0. The van der Waals surface area contributed by atoms with Gasteiger partial charge in [-0.3, -0.25) is 14.4 Å². The van der Waals surface area contributed by atoms with Crippen molar-refractivity contribution in [1.82, 2.24) is 19.6 Å². The quantitative estimate of drug-likeness (QED) is 0.667. The van der Waals surface area contributed by atoms with Gasteiger partial charge < -0.3 is 4.90 Å². The molecule has 1 aliphatic carbocycles. The molecule has 2 aromatic rings. The molecule has 0 N–H and O–H groups in total. The summed E-state index contributed by atoms with van der Waals surface area (Å²) in [4.78, 5) is 16.8. The highest BCUT2D eigenvalue weighted by atomic mass is 35.5. The molecule has 0 spiro atoms. The van der Waals surface area contributed by atoms with Crippen molar-refractivity contribution in [2.24, 2.45) is 0 Å². The number of aromatic nitrogens is 2. The van der Waals surface area contributed by atoms with E-state index in [2.05, 4.69) is 10.00 Å². The van der Waals surface area contributed by atoms with E-state index < -0.39 is 12.1 Å². The van der Waals surface area contributed by atoms with Gasteiger partial charge in [0.1, 0.15) is 12.2 Å². The molecule has 0 radical (unpaired) electrons. The zero-order chi connectivity index (χ0) is 20.5. The number of hydrogen-bond acceptors (Lipinski definition) is 3. The summed E-state index contributed by atoms with van der Waals surface area (Å²) in [6.07, 6.45) is -0.962. The lowest BCUT2D eigenvalue weighted by Gasteiger charge is -2.35. The molecule has 0 bridgehead atoms. The predicted molar refractivity (Wildman–Crippen MR) is 107 cm³/mol. The summed E-state index contributed by atoms with van der Waals surface area (Å²) < 4.78 is 27.7. The van der Waals surface area contributed by atoms with Crippen LogP contribution in [0.15, 0.2) is 24.3 Å². The van der Waals surface area contributed by atoms with E-state index in [0.717, 1.165) is 43.1 Å². The molecular formula is C20H22Cl2F2N4O. The Balaban J connectivity index is 1.37. The molecule has 2 aliphatic rings. The largest absolute Gasteiger partial charge is 0.339 e. The molecule has 0 unspecified atom stereocenters. The summed E-state index contributed by atoms with van der Waals surface area (Å²) >= 11 is 12.4. The highest BCUT2D eigenvalue weighted by Gasteiger charge is 2.35. The number of carbonyl (C=O) groups excluding carboxylic acids is 1. The normalized spacial score (nSPS) is 17.9. The molecule has 4 rings (SSSR count). The SMILES string of the molecule is O=C(Cn1nc(C(F)F)c(Cl)c1C1CC1)N1CCN(Cc2ccccc2Cl)CC1. The molecule has 1 saturated carbocycles. The molecule has 29 heavy (non-hydrogen) atoms. The van der Waals surface area contributed by atoms with Crippen molar-refractivity contribution in [1.29, 1.82) is 0 Å². The molecule has 2 fully saturated rings. The Morgan fingerprint density at radius 3 is 2.45 bits per heavy atom. The molecular weight excluding hydrogens is 421 g/mol. The summed E-state index contributed by atoms with van der Waals surface area (Å²) in [5.74, 6) is 0.00652. The van der Waals surface area contributed by atoms with E-state index in [1.54, 1.807) is 4.90 Å². The minimum atomic E-state index is -2.75. The fourth-order valence-electron chi connectivity index (χ4n) is 3.73. The van der Waals surface area contributed by atoms with Crippen LogP contribution in [0, 0.1) is 0 Å². The van der Waals surface area contributed by atoms with Crippen molar-refractivity contribution in [3.8, 4) is 0 Å². The van der Waals surface area contributed by atoms with E-state index in [1.807, 2.05) is 24.3 Å². The van der Waals surface area contributed by atoms with E-state index in [9.17, 15) is 13.6 Å². The van der Waals surface area contributed by atoms with Crippen LogP contribution in [0.3, 0.4) is 0 Å². The molecule has 0 atom stereocenters. The molecule has 2 heterocycles. The number of amides is 1. The van der Waals surface area contributed by atoms with Crippen molar-refractivity contribution in [3.63, 3.8) is 0 Å². The van der Waals surface area contributed by atoms with Gasteiger partial charge in [0, 0.05) is 43.7 Å². The van der Waals surface area contributed by atoms with Gasteiger partial charge in [0.05, 0.1) is 10.7 Å². The fraction of sp³-hybridized carbons (Fsp3) is 0.500. The Hall–Kier alpha value is -1.70. The summed E-state index contributed by atoms with van der Waals surface area (Å²) in [5.41, 5.74) is 1.22. The highest BCUT2D eigenvalue weighted by Crippen LogP contribution is 2.45. The van der Waals surface area contributed by atoms with Crippen LogP contribution in [-0.2, 0) is 17.9 Å². The highest BCUT2D eigenvalue weighted by molar-refractivity contribution is 6.32. The number of halogens is 4. The van der Waals surface area contributed by atoms with E-state index >= 15 is 0 Å². The van der Waals surface area contributed by atoms with E-state index in [-0.39, 0.29) is 23.4 Å². The van der Waals surface area contributed by atoms with Crippen molar-refractivity contribution < 1.29 is 13.6 Å². The van der Waals surface area contributed by atoms with Crippen LogP contribution in [0.25, 0.3) is 0 Å². The Kier molecular flexibility index (Phi) is 6.08. The Morgan fingerprint density at radius 2 is 1.83 bits per heavy atom. The van der Waals surface area contributed by atoms with Crippen LogP contribution in [-0.4, -0.2) is 51.7 Å². The third-order valence-corrected chi connectivity index (χ3v) is 6.24. The van der Waals surface area contributed by atoms with Gasteiger partial charge in [-0.15, -0.1) is 0 Å². The van der Waals surface area contributed by atoms with Crippen molar-refractivity contribution in [2.45, 2.75) is 38.3 Å². The number of nitrogens with zero attached hydrogens (tertiary/aromatic N) is 4. The molecule has 1 saturated heterocycles. The van der Waals surface area contributed by atoms with Gasteiger partial charge in [-0.05, 0) is 24.5 Å². The third kappa shape index (κ3) is 4.57. The van der Waals surface area contributed by atoms with Crippen LogP contribution in [0.5, 0.6) is 0 Å². The number of piperazine rings is 1. The third-order valence-electron chi connectivity index (χ3n) is 5.49. The first-order chi connectivity index (χ1) is 13.9. The molecule has 1 amide bonds. The minimum absolute atomic E-state index is 0.0138. The van der Waals surface area contributed by atoms with Crippen LogP contribution in [0.2, 0.25) is 10.0 Å². The van der Waals surface area contributed by atoms with Crippen molar-refractivity contribution >= 4 is 29.1 Å². The molecule has 5 nitrogen and oxygen atoms in total.